The van der Waals surface area contributed by atoms with Crippen LogP contribution in [-0.2, 0) is 11.2 Å². The van der Waals surface area contributed by atoms with Crippen LogP contribution in [0.15, 0.2) is 66.2 Å². The molecule has 2 aromatic carbocycles. The summed E-state index contributed by atoms with van der Waals surface area (Å²) in [4.78, 5) is 15.1. The number of hydrogen-bond acceptors (Lipinski definition) is 7. The molecule has 0 radical (unpaired) electrons. The molecule has 1 atom stereocenters. The van der Waals surface area contributed by atoms with Crippen LogP contribution in [0.4, 0.5) is 0 Å². The quantitative estimate of drug-likeness (QED) is 0.235. The van der Waals surface area contributed by atoms with Gasteiger partial charge < -0.3 is 34.8 Å². The Balaban J connectivity index is 0.00000361. The number of nitrogens with one attached hydrogen (secondary N) is 2. The number of carbonyl (C=O) groups is 1. The van der Waals surface area contributed by atoms with E-state index < -0.39 is 18.7 Å². The van der Waals surface area contributed by atoms with Crippen LogP contribution in [-0.4, -0.2) is 47.5 Å². The molecule has 4 rings (SSSR count). The van der Waals surface area contributed by atoms with Crippen molar-refractivity contribution in [3.63, 3.8) is 0 Å². The molecule has 4 aromatic rings. The maximum atomic E-state index is 10.7. The predicted molar refractivity (Wildman–Crippen MR) is 136 cm³/mol. The Morgan fingerprint density at radius 1 is 1.11 bits per heavy atom. The minimum absolute atomic E-state index is 0. The van der Waals surface area contributed by atoms with Crippen LogP contribution >= 0.6 is 11.3 Å². The number of carbonyl (C=O) groups excluding carboxylic acids is 1. The number of aliphatic hydroxyl groups is 1. The maximum absolute atomic E-state index is 10.7. The van der Waals surface area contributed by atoms with Crippen molar-refractivity contribution >= 4 is 28.2 Å². The first kappa shape index (κ1) is 28.2. The minimum Gasteiger partial charge on any atom is -0.546 e. The van der Waals surface area contributed by atoms with Gasteiger partial charge in [0.25, 0.3) is 0 Å². The van der Waals surface area contributed by atoms with Crippen molar-refractivity contribution in [1.82, 2.24) is 10.3 Å². The van der Waals surface area contributed by atoms with Gasteiger partial charge in [-0.25, -0.2) is 0 Å². The summed E-state index contributed by atoms with van der Waals surface area (Å²) in [5.41, 5.74) is 2.52. The number of aliphatic carboxylic acids is 1. The smallest absolute Gasteiger partial charge is 0.546 e. The van der Waals surface area contributed by atoms with E-state index in [0.717, 1.165) is 32.7 Å². The number of thiophene rings is 1. The number of fused-ring (bicyclic) bond motifs is 1. The first-order chi connectivity index (χ1) is 16.8. The molecule has 2 aromatic heterocycles. The molecular weight excluding hydrogens is 487 g/mol. The molecule has 184 valence electrons. The number of hydrogen-bond donors (Lipinski definition) is 3. The number of rotatable bonds is 12. The second-order valence-electron chi connectivity index (χ2n) is 9.03. The van der Waals surface area contributed by atoms with Crippen LogP contribution in [0.25, 0.3) is 21.3 Å². The van der Waals surface area contributed by atoms with Gasteiger partial charge in [0.05, 0.1) is 11.5 Å². The van der Waals surface area contributed by atoms with E-state index in [1.165, 1.54) is 0 Å². The number of aliphatic hydroxyl groups excluding tert-OH is 1. The summed E-state index contributed by atoms with van der Waals surface area (Å²) >= 11 is 1.65. The fourth-order valence-corrected chi connectivity index (χ4v) is 4.75. The molecule has 0 saturated carbocycles. The molecule has 0 aliphatic heterocycles. The van der Waals surface area contributed by atoms with Gasteiger partial charge in [-0.3, -0.25) is 0 Å². The molecule has 2 heterocycles. The van der Waals surface area contributed by atoms with Crippen LogP contribution in [0, 0.1) is 0 Å². The van der Waals surface area contributed by atoms with Gasteiger partial charge in [-0.1, -0.05) is 30.3 Å². The van der Waals surface area contributed by atoms with E-state index in [-0.39, 0.29) is 41.7 Å². The van der Waals surface area contributed by atoms with Crippen LogP contribution in [0.2, 0.25) is 0 Å². The molecule has 3 N–H and O–H groups in total. The summed E-state index contributed by atoms with van der Waals surface area (Å²) in [6.45, 7) is 4.19. The first-order valence-electron chi connectivity index (χ1n) is 11.4. The van der Waals surface area contributed by atoms with Crippen molar-refractivity contribution in [3.8, 4) is 21.9 Å². The van der Waals surface area contributed by atoms with Crippen LogP contribution in [0.3, 0.4) is 0 Å². The monoisotopic (exact) mass is 516 g/mol. The van der Waals surface area contributed by atoms with Crippen molar-refractivity contribution in [1.29, 1.82) is 0 Å². The third-order valence-corrected chi connectivity index (χ3v) is 6.57. The Morgan fingerprint density at radius 2 is 1.89 bits per heavy atom. The SMILES string of the molecule is CC(C)(Cc1c[nH]c2c(OCC(=O)[O-])cccc12)NC[C@H](O)COc1ccccc1-c1cccs1.[Na+]. The van der Waals surface area contributed by atoms with Gasteiger partial charge >= 0.3 is 29.6 Å². The van der Waals surface area contributed by atoms with Gasteiger partial charge in [-0.15, -0.1) is 11.3 Å². The molecule has 0 spiro atoms. The van der Waals surface area contributed by atoms with Crippen molar-refractivity contribution in [2.45, 2.75) is 31.9 Å². The number of benzene rings is 2. The summed E-state index contributed by atoms with van der Waals surface area (Å²) in [6, 6.07) is 17.4. The molecule has 0 aliphatic carbocycles. The van der Waals surface area contributed by atoms with E-state index in [4.69, 9.17) is 9.47 Å². The third-order valence-electron chi connectivity index (χ3n) is 5.66. The molecule has 0 aliphatic rings. The second-order valence-corrected chi connectivity index (χ2v) is 9.98. The van der Waals surface area contributed by atoms with Crippen molar-refractivity contribution in [3.05, 3.63) is 71.7 Å². The topological polar surface area (TPSA) is 107 Å². The van der Waals surface area contributed by atoms with E-state index in [2.05, 4.69) is 30.2 Å². The zero-order valence-corrected chi connectivity index (χ0v) is 23.6. The molecular formula is C27H29N2NaO5S. The molecule has 0 unspecified atom stereocenters. The first-order valence-corrected chi connectivity index (χ1v) is 12.3. The number of carboxylic acid groups (broad SMARTS) is 1. The van der Waals surface area contributed by atoms with Crippen molar-refractivity contribution in [2.24, 2.45) is 0 Å². The summed E-state index contributed by atoms with van der Waals surface area (Å²) in [5, 5.41) is 27.7. The average molecular weight is 517 g/mol. The standard InChI is InChI=1S/C27H30N2O5S.Na/c1-27(2,13-18-14-28-26-20(18)8-5-10-23(26)34-17-25(31)32)29-15-19(30)16-33-22-9-4-3-7-21(22)24-11-6-12-35-24;/h3-12,14,19,28-30H,13,15-17H2,1-2H3,(H,31,32);/q;+1/p-1/t19-;/m0./s1. The Bertz CT molecular complexity index is 1270. The molecule has 0 amide bonds. The van der Waals surface area contributed by atoms with E-state index >= 15 is 0 Å². The minimum atomic E-state index is -1.27. The summed E-state index contributed by atoms with van der Waals surface area (Å²) in [7, 11) is 0. The van der Waals surface area contributed by atoms with Crippen LogP contribution in [0.5, 0.6) is 11.5 Å². The fraction of sp³-hybridized carbons (Fsp3) is 0.296. The van der Waals surface area contributed by atoms with Gasteiger partial charge in [0.15, 0.2) is 0 Å². The predicted octanol–water partition coefficient (Wildman–Crippen LogP) is 0.380. The van der Waals surface area contributed by atoms with E-state index in [1.54, 1.807) is 17.4 Å². The number of ether oxygens (including phenoxy) is 2. The number of β-amino-alcohol motifs (C(OH)–C–C–N with tert-alkyl or cyclic N) is 1. The number of para-hydroxylation sites is 2. The van der Waals surface area contributed by atoms with Gasteiger partial charge in [-0.2, -0.15) is 0 Å². The summed E-state index contributed by atoms with van der Waals surface area (Å²) < 4.78 is 11.3. The number of aromatic amines is 1. The van der Waals surface area contributed by atoms with Gasteiger partial charge in [0.2, 0.25) is 0 Å². The second kappa shape index (κ2) is 12.8. The largest absolute Gasteiger partial charge is 1.00 e. The Labute approximate surface area is 236 Å². The molecule has 0 saturated heterocycles. The molecule has 36 heavy (non-hydrogen) atoms. The van der Waals surface area contributed by atoms with E-state index in [9.17, 15) is 15.0 Å². The van der Waals surface area contributed by atoms with Gasteiger partial charge in [-0.05, 0) is 55.5 Å². The number of aromatic nitrogens is 1. The third kappa shape index (κ3) is 7.35. The van der Waals surface area contributed by atoms with Crippen LogP contribution < -0.4 is 49.5 Å². The Kier molecular flexibility index (Phi) is 10.0. The van der Waals surface area contributed by atoms with Crippen LogP contribution in [0.1, 0.15) is 19.4 Å². The summed E-state index contributed by atoms with van der Waals surface area (Å²) in [5.74, 6) is -0.0421. The summed E-state index contributed by atoms with van der Waals surface area (Å²) in [6.07, 6.45) is 1.91. The zero-order valence-electron chi connectivity index (χ0n) is 20.7. The van der Waals surface area contributed by atoms with Gasteiger partial charge in [0.1, 0.15) is 30.8 Å². The fourth-order valence-electron chi connectivity index (χ4n) is 3.99. The normalized spacial score (nSPS) is 12.2. The molecule has 7 nitrogen and oxygen atoms in total. The number of H-pyrrole nitrogens is 1. The molecule has 0 fully saturated rings. The Hall–Kier alpha value is -2.33. The number of carboxylic acids is 1. The van der Waals surface area contributed by atoms with Crippen molar-refractivity contribution in [2.75, 3.05) is 19.8 Å². The average Bonchev–Trinajstić information content (AvgIpc) is 3.51. The van der Waals surface area contributed by atoms with Crippen molar-refractivity contribution < 1.29 is 54.0 Å². The maximum Gasteiger partial charge on any atom is 1.00 e. The van der Waals surface area contributed by atoms with Gasteiger partial charge in [0, 0.05) is 34.1 Å². The molecule has 9 heteroatoms. The Morgan fingerprint density at radius 3 is 2.64 bits per heavy atom. The zero-order chi connectivity index (χ0) is 24.8. The molecule has 0 bridgehead atoms. The van der Waals surface area contributed by atoms with E-state index in [0.29, 0.717) is 18.7 Å². The van der Waals surface area contributed by atoms with E-state index in [1.807, 2.05) is 54.0 Å².